The fourth-order valence-electron chi connectivity index (χ4n) is 1.73. The lowest BCUT2D eigenvalue weighted by Gasteiger charge is -2.25. The van der Waals surface area contributed by atoms with Gasteiger partial charge in [-0.25, -0.2) is 0 Å². The second-order valence-electron chi connectivity index (χ2n) is 3.48. The lowest BCUT2D eigenvalue weighted by molar-refractivity contribution is 0.0765. The predicted octanol–water partition coefficient (Wildman–Crippen LogP) is 0.344. The Balaban J connectivity index is 2.26. The highest BCUT2D eigenvalue weighted by atomic mass is 16.5. The number of hydrogen-bond acceptors (Lipinski definition) is 3. The van der Waals surface area contributed by atoms with Crippen LogP contribution in [0.1, 0.15) is 17.3 Å². The van der Waals surface area contributed by atoms with E-state index >= 15 is 0 Å². The number of morpholine rings is 1. The number of pyridine rings is 1. The number of ether oxygens (including phenoxy) is 1. The molecule has 1 fully saturated rings. The van der Waals surface area contributed by atoms with Crippen LogP contribution in [0.25, 0.3) is 0 Å². The van der Waals surface area contributed by atoms with E-state index in [0.717, 1.165) is 24.4 Å². The van der Waals surface area contributed by atoms with Gasteiger partial charge in [-0.1, -0.05) is 6.07 Å². The van der Waals surface area contributed by atoms with E-state index < -0.39 is 0 Å². The minimum atomic E-state index is -0.0528. The molecule has 1 aromatic rings. The molecule has 2 N–H and O–H groups in total. The molecule has 4 heteroatoms. The monoisotopic (exact) mass is 194 g/mol. The quantitative estimate of drug-likeness (QED) is 0.678. The Labute approximate surface area is 82.3 Å². The molecule has 14 heavy (non-hydrogen) atoms. The Hall–Kier alpha value is -1.13. The van der Waals surface area contributed by atoms with Gasteiger partial charge in [0.05, 0.1) is 19.3 Å². The molecule has 4 nitrogen and oxygen atoms in total. The van der Waals surface area contributed by atoms with E-state index in [0.29, 0.717) is 6.61 Å². The number of hydrogen-bond donors (Lipinski definition) is 2. The second-order valence-corrected chi connectivity index (χ2v) is 3.48. The van der Waals surface area contributed by atoms with Gasteiger partial charge in [0.25, 0.3) is 0 Å². The topological polar surface area (TPSA) is 54.1 Å². The van der Waals surface area contributed by atoms with Crippen LogP contribution in [-0.2, 0) is 4.74 Å². The molecule has 1 aliphatic heterocycles. The maximum absolute atomic E-state index is 11.0. The van der Waals surface area contributed by atoms with Crippen molar-refractivity contribution < 1.29 is 4.74 Å². The molecule has 0 radical (unpaired) electrons. The van der Waals surface area contributed by atoms with Crippen LogP contribution in [0.2, 0.25) is 0 Å². The summed E-state index contributed by atoms with van der Waals surface area (Å²) in [5, 5.41) is 3.35. The molecule has 0 bridgehead atoms. The molecule has 1 aliphatic rings. The van der Waals surface area contributed by atoms with E-state index in [1.165, 1.54) is 0 Å². The maximum atomic E-state index is 11.0. The van der Waals surface area contributed by atoms with Gasteiger partial charge >= 0.3 is 0 Å². The summed E-state index contributed by atoms with van der Waals surface area (Å²) in [5.41, 5.74) is 1.98. The number of nitrogens with one attached hydrogen (secondary N) is 2. The van der Waals surface area contributed by atoms with Gasteiger partial charge in [0.1, 0.15) is 0 Å². The van der Waals surface area contributed by atoms with Gasteiger partial charge in [-0.15, -0.1) is 0 Å². The molecular formula is C10H14N2O2. The van der Waals surface area contributed by atoms with E-state index in [1.54, 1.807) is 6.07 Å². The van der Waals surface area contributed by atoms with Gasteiger partial charge in [0.15, 0.2) is 0 Å². The summed E-state index contributed by atoms with van der Waals surface area (Å²) in [6.45, 7) is 4.21. The first kappa shape index (κ1) is 9.43. The summed E-state index contributed by atoms with van der Waals surface area (Å²) in [7, 11) is 0. The molecular weight excluding hydrogens is 180 g/mol. The average Bonchev–Trinajstić information content (AvgIpc) is 2.19. The van der Waals surface area contributed by atoms with Crippen LogP contribution < -0.4 is 10.9 Å². The zero-order valence-electron chi connectivity index (χ0n) is 8.17. The molecule has 2 rings (SSSR count). The lowest BCUT2D eigenvalue weighted by atomic mass is 10.1. The molecule has 1 atom stereocenters. The smallest absolute Gasteiger partial charge is 0.248 e. The Bertz CT molecular complexity index is 367. The van der Waals surface area contributed by atoms with Crippen LogP contribution in [0.3, 0.4) is 0 Å². The van der Waals surface area contributed by atoms with Gasteiger partial charge in [0, 0.05) is 18.3 Å². The van der Waals surface area contributed by atoms with Crippen LogP contribution in [0.5, 0.6) is 0 Å². The molecule has 0 saturated carbocycles. The van der Waals surface area contributed by atoms with Crippen LogP contribution in [-0.4, -0.2) is 24.7 Å². The Morgan fingerprint density at radius 1 is 1.50 bits per heavy atom. The van der Waals surface area contributed by atoms with Crippen LogP contribution >= 0.6 is 0 Å². The first-order valence-corrected chi connectivity index (χ1v) is 4.78. The van der Waals surface area contributed by atoms with Crippen molar-refractivity contribution in [3.05, 3.63) is 33.7 Å². The predicted molar refractivity (Wildman–Crippen MR) is 53.4 cm³/mol. The van der Waals surface area contributed by atoms with E-state index in [1.807, 2.05) is 13.0 Å². The molecule has 0 aromatic carbocycles. The van der Waals surface area contributed by atoms with Gasteiger partial charge in [0.2, 0.25) is 5.56 Å². The van der Waals surface area contributed by atoms with E-state index in [4.69, 9.17) is 4.74 Å². The zero-order valence-corrected chi connectivity index (χ0v) is 8.17. The van der Waals surface area contributed by atoms with Gasteiger partial charge < -0.3 is 15.0 Å². The molecule has 0 amide bonds. The number of aromatic amines is 1. The van der Waals surface area contributed by atoms with Crippen molar-refractivity contribution in [1.29, 1.82) is 0 Å². The Kier molecular flexibility index (Phi) is 2.65. The largest absolute Gasteiger partial charge is 0.378 e. The normalized spacial score (nSPS) is 22.2. The van der Waals surface area contributed by atoms with Gasteiger partial charge in [-0.2, -0.15) is 0 Å². The highest BCUT2D eigenvalue weighted by molar-refractivity contribution is 5.22. The van der Waals surface area contributed by atoms with Crippen molar-refractivity contribution >= 4 is 0 Å². The van der Waals surface area contributed by atoms with Crippen molar-refractivity contribution in [3.63, 3.8) is 0 Å². The highest BCUT2D eigenvalue weighted by Gasteiger charge is 2.16. The summed E-state index contributed by atoms with van der Waals surface area (Å²) in [6.07, 6.45) is 0. The number of aryl methyl sites for hydroxylation is 1. The standard InChI is InChI=1S/C10H14N2O2/c1-7-8(2-3-10(13)12-7)9-6-14-5-4-11-9/h2-3,9,11H,4-6H2,1H3,(H,12,13). The third-order valence-electron chi connectivity index (χ3n) is 2.46. The minimum absolute atomic E-state index is 0.0528. The zero-order chi connectivity index (χ0) is 9.97. The fraction of sp³-hybridized carbons (Fsp3) is 0.500. The molecule has 0 aliphatic carbocycles. The lowest BCUT2D eigenvalue weighted by Crippen LogP contribution is -2.35. The molecule has 1 aromatic heterocycles. The van der Waals surface area contributed by atoms with Crippen LogP contribution in [0, 0.1) is 6.92 Å². The van der Waals surface area contributed by atoms with E-state index in [2.05, 4.69) is 10.3 Å². The van der Waals surface area contributed by atoms with Crippen LogP contribution in [0.15, 0.2) is 16.9 Å². The average molecular weight is 194 g/mol. The van der Waals surface area contributed by atoms with Gasteiger partial charge in [-0.3, -0.25) is 4.79 Å². The summed E-state index contributed by atoms with van der Waals surface area (Å²) < 4.78 is 5.37. The third-order valence-corrected chi connectivity index (χ3v) is 2.46. The summed E-state index contributed by atoms with van der Waals surface area (Å²) in [6, 6.07) is 3.62. The summed E-state index contributed by atoms with van der Waals surface area (Å²) >= 11 is 0. The SMILES string of the molecule is Cc1[nH]c(=O)ccc1C1COCCN1. The first-order valence-electron chi connectivity index (χ1n) is 4.78. The van der Waals surface area contributed by atoms with Crippen molar-refractivity contribution in [1.82, 2.24) is 10.3 Å². The van der Waals surface area contributed by atoms with Crippen molar-refractivity contribution in [2.24, 2.45) is 0 Å². The summed E-state index contributed by atoms with van der Waals surface area (Å²) in [4.78, 5) is 13.8. The first-order chi connectivity index (χ1) is 6.77. The molecule has 1 saturated heterocycles. The second kappa shape index (κ2) is 3.94. The molecule has 1 unspecified atom stereocenters. The number of aromatic nitrogens is 1. The van der Waals surface area contributed by atoms with Crippen molar-refractivity contribution in [2.45, 2.75) is 13.0 Å². The number of rotatable bonds is 1. The maximum Gasteiger partial charge on any atom is 0.248 e. The minimum Gasteiger partial charge on any atom is -0.378 e. The van der Waals surface area contributed by atoms with Gasteiger partial charge in [-0.05, 0) is 12.5 Å². The molecule has 76 valence electrons. The Morgan fingerprint density at radius 2 is 2.36 bits per heavy atom. The Morgan fingerprint density at radius 3 is 3.00 bits per heavy atom. The molecule has 2 heterocycles. The number of H-pyrrole nitrogens is 1. The van der Waals surface area contributed by atoms with Crippen molar-refractivity contribution in [3.8, 4) is 0 Å². The fourth-order valence-corrected chi connectivity index (χ4v) is 1.73. The van der Waals surface area contributed by atoms with Crippen molar-refractivity contribution in [2.75, 3.05) is 19.8 Å². The third kappa shape index (κ3) is 1.86. The highest BCUT2D eigenvalue weighted by Crippen LogP contribution is 2.16. The van der Waals surface area contributed by atoms with E-state index in [9.17, 15) is 4.79 Å². The molecule has 0 spiro atoms. The van der Waals surface area contributed by atoms with Crippen LogP contribution in [0.4, 0.5) is 0 Å². The van der Waals surface area contributed by atoms with E-state index in [-0.39, 0.29) is 11.6 Å². The summed E-state index contributed by atoms with van der Waals surface area (Å²) in [5.74, 6) is 0.